The number of allylic oxidation sites excluding steroid dienone is 4. The summed E-state index contributed by atoms with van der Waals surface area (Å²) >= 11 is 6.32. The van der Waals surface area contributed by atoms with Gasteiger partial charge in [-0.15, -0.1) is 0 Å². The Kier molecular flexibility index (Phi) is 6.93. The second kappa shape index (κ2) is 10.6. The second-order valence-electron chi connectivity index (χ2n) is 10.4. The maximum absolute atomic E-state index is 14.9. The standard InChI is InChI=1S/C30H28ClF2N7/c1-39(2)21-15-40(16-21)29(34)17-6-9-20(10-7-17)37-30-36-14-18-13-35-28(26-24(32)4-3-5-25(26)33)23-12-19(31)8-11-22(23)27(18)38-30/h3-4,6-12,14,21,25,34H,5,13,15-16H2,1-2H3,(H,36,37,38). The van der Waals surface area contributed by atoms with Gasteiger partial charge in [-0.1, -0.05) is 23.7 Å². The van der Waals surface area contributed by atoms with Gasteiger partial charge in [0.15, 0.2) is 0 Å². The van der Waals surface area contributed by atoms with Crippen LogP contribution in [-0.4, -0.2) is 70.7 Å². The van der Waals surface area contributed by atoms with Crippen LogP contribution in [0.3, 0.4) is 0 Å². The Hall–Kier alpha value is -3.95. The SMILES string of the molecule is CN(C)C1CN(C(=N)c2ccc(Nc3ncc4c(n3)-c3ccc(Cl)cc3C(C3=C(F)C=CCC3F)=NC4)cc2)C1. The highest BCUT2D eigenvalue weighted by molar-refractivity contribution is 6.31. The summed E-state index contributed by atoms with van der Waals surface area (Å²) in [6, 6.07) is 13.3. The van der Waals surface area contributed by atoms with E-state index < -0.39 is 12.0 Å². The van der Waals surface area contributed by atoms with Crippen molar-refractivity contribution in [2.45, 2.75) is 25.2 Å². The van der Waals surface area contributed by atoms with Crippen LogP contribution < -0.4 is 5.32 Å². The topological polar surface area (TPSA) is 80.5 Å². The monoisotopic (exact) mass is 559 g/mol. The van der Waals surface area contributed by atoms with Crippen molar-refractivity contribution >= 4 is 34.8 Å². The number of nitrogens with zero attached hydrogens (tertiary/aromatic N) is 5. The summed E-state index contributed by atoms with van der Waals surface area (Å²) in [6.07, 6.45) is 3.04. The number of likely N-dealkylation sites (N-methyl/N-ethyl adjacent to an activating group) is 1. The van der Waals surface area contributed by atoms with Crippen LogP contribution in [0.4, 0.5) is 20.4 Å². The van der Waals surface area contributed by atoms with E-state index in [0.29, 0.717) is 39.7 Å². The number of fused-ring (bicyclic) bond motifs is 3. The van der Waals surface area contributed by atoms with Crippen molar-refractivity contribution in [3.05, 3.63) is 93.9 Å². The average molecular weight is 560 g/mol. The molecular weight excluding hydrogens is 532 g/mol. The van der Waals surface area contributed by atoms with Crippen molar-refractivity contribution in [2.24, 2.45) is 4.99 Å². The molecule has 2 aromatic carbocycles. The van der Waals surface area contributed by atoms with E-state index in [9.17, 15) is 8.78 Å². The zero-order chi connectivity index (χ0) is 28.0. The minimum absolute atomic E-state index is 0.0637. The molecule has 2 N–H and O–H groups in total. The van der Waals surface area contributed by atoms with E-state index >= 15 is 0 Å². The zero-order valence-electron chi connectivity index (χ0n) is 22.1. The highest BCUT2D eigenvalue weighted by Crippen LogP contribution is 2.37. The third-order valence-corrected chi connectivity index (χ3v) is 7.76. The number of likely N-dealkylation sites (tertiary alicyclic amines) is 1. The van der Waals surface area contributed by atoms with Crippen LogP contribution in [0, 0.1) is 5.41 Å². The van der Waals surface area contributed by atoms with Crippen LogP contribution in [0.1, 0.15) is 23.1 Å². The minimum atomic E-state index is -1.50. The fourth-order valence-electron chi connectivity index (χ4n) is 5.11. The van der Waals surface area contributed by atoms with Gasteiger partial charge in [0, 0.05) is 70.3 Å². The highest BCUT2D eigenvalue weighted by Gasteiger charge is 2.31. The van der Waals surface area contributed by atoms with E-state index in [0.717, 1.165) is 29.9 Å². The molecule has 40 heavy (non-hydrogen) atoms. The Balaban J connectivity index is 1.27. The Morgan fingerprint density at radius 2 is 1.90 bits per heavy atom. The molecule has 204 valence electrons. The maximum atomic E-state index is 14.9. The van der Waals surface area contributed by atoms with Crippen molar-refractivity contribution < 1.29 is 8.78 Å². The molecule has 7 nitrogen and oxygen atoms in total. The lowest BCUT2D eigenvalue weighted by atomic mass is 9.90. The Morgan fingerprint density at radius 1 is 1.12 bits per heavy atom. The summed E-state index contributed by atoms with van der Waals surface area (Å²) in [5, 5.41) is 12.2. The van der Waals surface area contributed by atoms with E-state index in [4.69, 9.17) is 22.0 Å². The van der Waals surface area contributed by atoms with Crippen molar-refractivity contribution in [3.8, 4) is 11.3 Å². The van der Waals surface area contributed by atoms with Crippen molar-refractivity contribution in [3.63, 3.8) is 0 Å². The number of aliphatic imine (C=N–C) groups is 1. The number of nitrogens with one attached hydrogen (secondary N) is 2. The number of halogens is 3. The molecule has 10 heteroatoms. The number of anilines is 2. The number of rotatable bonds is 5. The fourth-order valence-corrected chi connectivity index (χ4v) is 5.28. The van der Waals surface area contributed by atoms with Gasteiger partial charge in [0.25, 0.3) is 0 Å². The lowest BCUT2D eigenvalue weighted by Gasteiger charge is -2.44. The van der Waals surface area contributed by atoms with Gasteiger partial charge < -0.3 is 15.1 Å². The molecule has 1 saturated heterocycles. The number of aromatic nitrogens is 2. The summed E-state index contributed by atoms with van der Waals surface area (Å²) in [7, 11) is 4.11. The third-order valence-electron chi connectivity index (χ3n) is 7.52. The first kappa shape index (κ1) is 26.3. The summed E-state index contributed by atoms with van der Waals surface area (Å²) < 4.78 is 29.7. The molecule has 0 saturated carbocycles. The number of amidine groups is 1. The fraction of sp³-hybridized carbons (Fsp3) is 0.267. The number of hydrogen-bond donors (Lipinski definition) is 2. The minimum Gasteiger partial charge on any atom is -0.353 e. The first-order valence-electron chi connectivity index (χ1n) is 13.1. The molecule has 0 bridgehead atoms. The van der Waals surface area contributed by atoms with Crippen LogP contribution in [0.5, 0.6) is 0 Å². The molecule has 1 aliphatic carbocycles. The summed E-state index contributed by atoms with van der Waals surface area (Å²) in [5.74, 6) is 0.246. The van der Waals surface area contributed by atoms with Gasteiger partial charge >= 0.3 is 0 Å². The normalized spacial score (nSPS) is 18.6. The first-order chi connectivity index (χ1) is 19.3. The van der Waals surface area contributed by atoms with Gasteiger partial charge in [0.05, 0.1) is 18.0 Å². The van der Waals surface area contributed by atoms with E-state index in [1.54, 1.807) is 24.4 Å². The lowest BCUT2D eigenvalue weighted by molar-refractivity contribution is 0.124. The second-order valence-corrected chi connectivity index (χ2v) is 10.8. The van der Waals surface area contributed by atoms with Gasteiger partial charge in [-0.25, -0.2) is 18.7 Å². The quantitative estimate of drug-likeness (QED) is 0.299. The molecule has 3 aromatic rings. The third kappa shape index (κ3) is 4.91. The van der Waals surface area contributed by atoms with Crippen molar-refractivity contribution in [2.75, 3.05) is 32.5 Å². The Labute approximate surface area is 236 Å². The largest absolute Gasteiger partial charge is 0.353 e. The average Bonchev–Trinajstić information content (AvgIpc) is 3.04. The predicted molar refractivity (Wildman–Crippen MR) is 155 cm³/mol. The van der Waals surface area contributed by atoms with E-state index in [2.05, 4.69) is 39.2 Å². The predicted octanol–water partition coefficient (Wildman–Crippen LogP) is 5.94. The molecule has 1 atom stereocenters. The molecule has 1 fully saturated rings. The van der Waals surface area contributed by atoms with E-state index in [-0.39, 0.29) is 24.3 Å². The molecule has 6 rings (SSSR count). The molecule has 3 aliphatic rings. The van der Waals surface area contributed by atoms with Gasteiger partial charge in [0.1, 0.15) is 17.8 Å². The maximum Gasteiger partial charge on any atom is 0.227 e. The van der Waals surface area contributed by atoms with Crippen LogP contribution in [0.15, 0.2) is 77.2 Å². The summed E-state index contributed by atoms with van der Waals surface area (Å²) in [6.45, 7) is 1.87. The van der Waals surface area contributed by atoms with Crippen LogP contribution in [0.2, 0.25) is 5.02 Å². The van der Waals surface area contributed by atoms with Gasteiger partial charge in [-0.05, 0) is 56.6 Å². The Morgan fingerprint density at radius 3 is 2.62 bits per heavy atom. The summed E-state index contributed by atoms with van der Waals surface area (Å²) in [4.78, 5) is 18.1. The van der Waals surface area contributed by atoms with Gasteiger partial charge in [0.2, 0.25) is 5.95 Å². The van der Waals surface area contributed by atoms with Crippen LogP contribution in [0.25, 0.3) is 11.3 Å². The van der Waals surface area contributed by atoms with Crippen molar-refractivity contribution in [1.82, 2.24) is 19.8 Å². The Bertz CT molecular complexity index is 1570. The highest BCUT2D eigenvalue weighted by atomic mass is 35.5. The van der Waals surface area contributed by atoms with E-state index in [1.807, 2.05) is 24.3 Å². The van der Waals surface area contributed by atoms with Crippen LogP contribution >= 0.6 is 11.6 Å². The van der Waals surface area contributed by atoms with Crippen molar-refractivity contribution in [1.29, 1.82) is 5.41 Å². The molecule has 1 aromatic heterocycles. The number of alkyl halides is 1. The zero-order valence-corrected chi connectivity index (χ0v) is 22.9. The molecule has 3 heterocycles. The van der Waals surface area contributed by atoms with Crippen LogP contribution in [-0.2, 0) is 6.54 Å². The van der Waals surface area contributed by atoms with E-state index in [1.165, 1.54) is 12.2 Å². The molecule has 0 amide bonds. The molecule has 0 spiro atoms. The summed E-state index contributed by atoms with van der Waals surface area (Å²) in [5.41, 5.74) is 4.37. The van der Waals surface area contributed by atoms with Gasteiger partial charge in [-0.3, -0.25) is 10.4 Å². The molecule has 1 unspecified atom stereocenters. The molecule has 2 aliphatic heterocycles. The molecular formula is C30H28ClF2N7. The number of benzene rings is 2. The number of hydrogen-bond acceptors (Lipinski definition) is 6. The molecule has 0 radical (unpaired) electrons. The van der Waals surface area contributed by atoms with Gasteiger partial charge in [-0.2, -0.15) is 0 Å². The first-order valence-corrected chi connectivity index (χ1v) is 13.4. The lowest BCUT2D eigenvalue weighted by Crippen LogP contribution is -2.59. The smallest absolute Gasteiger partial charge is 0.227 e.